The van der Waals surface area contributed by atoms with Crippen molar-refractivity contribution in [2.45, 2.75) is 20.8 Å². The molecule has 1 heterocycles. The van der Waals surface area contributed by atoms with Gasteiger partial charge in [0.15, 0.2) is 5.82 Å². The predicted octanol–water partition coefficient (Wildman–Crippen LogP) is 4.36. The summed E-state index contributed by atoms with van der Waals surface area (Å²) in [5, 5.41) is 10.9. The van der Waals surface area contributed by atoms with E-state index < -0.39 is 0 Å². The van der Waals surface area contributed by atoms with Crippen molar-refractivity contribution < 1.29 is 9.90 Å². The maximum atomic E-state index is 13.5. The number of aromatic hydroxyl groups is 1. The van der Waals surface area contributed by atoms with Gasteiger partial charge in [-0.15, -0.1) is 0 Å². The maximum absolute atomic E-state index is 13.5. The monoisotopic (exact) mass is 451 g/mol. The van der Waals surface area contributed by atoms with E-state index in [9.17, 15) is 9.90 Å². The number of fused-ring (bicyclic) bond motifs is 1. The summed E-state index contributed by atoms with van der Waals surface area (Å²) in [6, 6.07) is 10.3. The van der Waals surface area contributed by atoms with Gasteiger partial charge in [-0.2, -0.15) is 0 Å². The molecule has 0 bridgehead atoms. The van der Waals surface area contributed by atoms with E-state index in [1.165, 1.54) is 6.20 Å². The Hall–Kier alpha value is -3.45. The number of halogens is 1. The van der Waals surface area contributed by atoms with Gasteiger partial charge in [0.25, 0.3) is 5.91 Å². The van der Waals surface area contributed by atoms with Crippen LogP contribution < -0.4 is 5.73 Å². The quantitative estimate of drug-likeness (QED) is 0.542. The van der Waals surface area contributed by atoms with E-state index in [2.05, 4.69) is 15.0 Å². The molecule has 0 unspecified atom stereocenters. The third-order valence-electron chi connectivity index (χ3n) is 5.13. The van der Waals surface area contributed by atoms with Crippen molar-refractivity contribution in [1.29, 1.82) is 0 Å². The third kappa shape index (κ3) is 4.89. The van der Waals surface area contributed by atoms with E-state index in [0.29, 0.717) is 39.4 Å². The van der Waals surface area contributed by atoms with Crippen LogP contribution in [0.5, 0.6) is 5.75 Å². The lowest BCUT2D eigenvalue weighted by atomic mass is 10.1. The molecule has 8 heteroatoms. The van der Waals surface area contributed by atoms with Crippen molar-refractivity contribution in [3.8, 4) is 17.1 Å². The SMILES string of the molecule is CCN=C(C)C(=CN)CN(C)C(=O)c1nc(-c2ccc(O)c(C)c2)nc2ccc(Cl)cc12. The maximum Gasteiger partial charge on any atom is 0.273 e. The summed E-state index contributed by atoms with van der Waals surface area (Å²) in [5.74, 6) is 0.278. The summed E-state index contributed by atoms with van der Waals surface area (Å²) in [7, 11) is 1.69. The first-order chi connectivity index (χ1) is 15.2. The number of aliphatic imine (C=N–C) groups is 1. The zero-order valence-corrected chi connectivity index (χ0v) is 19.3. The lowest BCUT2D eigenvalue weighted by Gasteiger charge is -2.20. The molecule has 3 aromatic rings. The molecule has 7 nitrogen and oxygen atoms in total. The Labute approximate surface area is 192 Å². The Morgan fingerprint density at radius 3 is 2.66 bits per heavy atom. The topological polar surface area (TPSA) is 105 Å². The molecule has 0 atom stereocenters. The van der Waals surface area contributed by atoms with Crippen LogP contribution in [0.4, 0.5) is 0 Å². The van der Waals surface area contributed by atoms with Crippen LogP contribution in [0.25, 0.3) is 22.3 Å². The van der Waals surface area contributed by atoms with Crippen LogP contribution in [0.15, 0.2) is 53.2 Å². The van der Waals surface area contributed by atoms with Gasteiger partial charge in [0.2, 0.25) is 0 Å². The number of carbonyl (C=O) groups excluding carboxylic acids is 1. The number of hydrogen-bond donors (Lipinski definition) is 2. The van der Waals surface area contributed by atoms with Crippen LogP contribution in [0.3, 0.4) is 0 Å². The van der Waals surface area contributed by atoms with Gasteiger partial charge < -0.3 is 15.7 Å². The highest BCUT2D eigenvalue weighted by Crippen LogP contribution is 2.27. The molecular formula is C24H26ClN5O2. The van der Waals surface area contributed by atoms with Gasteiger partial charge >= 0.3 is 0 Å². The first kappa shape index (κ1) is 23.2. The van der Waals surface area contributed by atoms with Crippen molar-refractivity contribution in [2.24, 2.45) is 10.7 Å². The fourth-order valence-electron chi connectivity index (χ4n) is 3.32. The second-order valence-corrected chi connectivity index (χ2v) is 7.91. The Balaban J connectivity index is 2.09. The van der Waals surface area contributed by atoms with Crippen molar-refractivity contribution >= 4 is 34.1 Å². The lowest BCUT2D eigenvalue weighted by molar-refractivity contribution is 0.0805. The summed E-state index contributed by atoms with van der Waals surface area (Å²) in [5.41, 5.74) is 9.55. The molecular weight excluding hydrogens is 426 g/mol. The number of nitrogens with two attached hydrogens (primary N) is 1. The normalized spacial score (nSPS) is 12.3. The van der Waals surface area contributed by atoms with Crippen LogP contribution in [-0.2, 0) is 0 Å². The zero-order chi connectivity index (χ0) is 23.4. The molecule has 0 aliphatic rings. The Morgan fingerprint density at radius 2 is 2.00 bits per heavy atom. The predicted molar refractivity (Wildman–Crippen MR) is 129 cm³/mol. The fourth-order valence-corrected chi connectivity index (χ4v) is 3.49. The van der Waals surface area contributed by atoms with E-state index in [1.54, 1.807) is 55.3 Å². The first-order valence-electron chi connectivity index (χ1n) is 10.2. The van der Waals surface area contributed by atoms with Gasteiger partial charge in [-0.25, -0.2) is 9.97 Å². The standard InChI is InChI=1S/C24H26ClN5O2/c1-5-27-15(3)17(12-26)13-30(4)24(32)22-19-11-18(25)7-8-20(19)28-23(29-22)16-6-9-21(31)14(2)10-16/h6-12,31H,5,13,26H2,1-4H3. The van der Waals surface area contributed by atoms with E-state index in [4.69, 9.17) is 17.3 Å². The summed E-state index contributed by atoms with van der Waals surface area (Å²) in [6.45, 7) is 6.51. The minimum Gasteiger partial charge on any atom is -0.508 e. The van der Waals surface area contributed by atoms with Gasteiger partial charge in [-0.1, -0.05) is 11.6 Å². The van der Waals surface area contributed by atoms with Gasteiger partial charge in [0.05, 0.1) is 5.52 Å². The van der Waals surface area contributed by atoms with Crippen LogP contribution in [0, 0.1) is 6.92 Å². The second kappa shape index (κ2) is 9.78. The number of phenols is 1. The first-order valence-corrected chi connectivity index (χ1v) is 10.6. The molecule has 1 aromatic heterocycles. The number of phenolic OH excluding ortho intramolecular Hbond substituents is 1. The average molecular weight is 452 g/mol. The summed E-state index contributed by atoms with van der Waals surface area (Å²) in [4.78, 5) is 28.6. The highest BCUT2D eigenvalue weighted by Gasteiger charge is 2.21. The molecule has 32 heavy (non-hydrogen) atoms. The second-order valence-electron chi connectivity index (χ2n) is 7.47. The van der Waals surface area contributed by atoms with Crippen molar-refractivity contribution in [3.05, 3.63) is 64.5 Å². The van der Waals surface area contributed by atoms with Crippen molar-refractivity contribution in [1.82, 2.24) is 14.9 Å². The molecule has 0 aliphatic carbocycles. The smallest absolute Gasteiger partial charge is 0.273 e. The average Bonchev–Trinajstić information content (AvgIpc) is 2.78. The molecule has 3 rings (SSSR count). The molecule has 166 valence electrons. The highest BCUT2D eigenvalue weighted by atomic mass is 35.5. The Morgan fingerprint density at radius 1 is 1.25 bits per heavy atom. The van der Waals surface area contributed by atoms with Gasteiger partial charge in [0.1, 0.15) is 11.4 Å². The van der Waals surface area contributed by atoms with Gasteiger partial charge in [-0.05, 0) is 62.7 Å². The minimum atomic E-state index is -0.292. The molecule has 0 saturated heterocycles. The van der Waals surface area contributed by atoms with E-state index in [0.717, 1.165) is 11.3 Å². The number of rotatable bonds is 6. The van der Waals surface area contributed by atoms with Crippen molar-refractivity contribution in [2.75, 3.05) is 20.1 Å². The third-order valence-corrected chi connectivity index (χ3v) is 5.37. The lowest BCUT2D eigenvalue weighted by Crippen LogP contribution is -2.31. The van der Waals surface area contributed by atoms with Crippen LogP contribution >= 0.6 is 11.6 Å². The molecule has 0 saturated carbocycles. The molecule has 0 fully saturated rings. The number of aryl methyl sites for hydroxylation is 1. The van der Waals surface area contributed by atoms with E-state index in [1.807, 2.05) is 13.8 Å². The van der Waals surface area contributed by atoms with E-state index >= 15 is 0 Å². The number of benzene rings is 2. The molecule has 3 N–H and O–H groups in total. The highest BCUT2D eigenvalue weighted by molar-refractivity contribution is 6.31. The summed E-state index contributed by atoms with van der Waals surface area (Å²) in [6.07, 6.45) is 1.47. The molecule has 1 amide bonds. The number of nitrogens with zero attached hydrogens (tertiary/aromatic N) is 4. The number of hydrogen-bond acceptors (Lipinski definition) is 6. The fraction of sp³-hybridized carbons (Fsp3) is 0.250. The van der Waals surface area contributed by atoms with Crippen LogP contribution in [-0.4, -0.2) is 51.7 Å². The van der Waals surface area contributed by atoms with Crippen molar-refractivity contribution in [3.63, 3.8) is 0 Å². The number of amides is 1. The summed E-state index contributed by atoms with van der Waals surface area (Å²) < 4.78 is 0. The molecule has 0 aliphatic heterocycles. The Kier molecular flexibility index (Phi) is 7.10. The minimum absolute atomic E-state index is 0.183. The van der Waals surface area contributed by atoms with Crippen LogP contribution in [0.1, 0.15) is 29.9 Å². The number of carbonyl (C=O) groups is 1. The molecule has 2 aromatic carbocycles. The molecule has 0 radical (unpaired) electrons. The largest absolute Gasteiger partial charge is 0.508 e. The summed E-state index contributed by atoms with van der Waals surface area (Å²) >= 11 is 6.20. The number of aromatic nitrogens is 2. The zero-order valence-electron chi connectivity index (χ0n) is 18.6. The van der Waals surface area contributed by atoms with Gasteiger partial charge in [0, 0.05) is 53.6 Å². The van der Waals surface area contributed by atoms with Gasteiger partial charge in [-0.3, -0.25) is 9.79 Å². The number of likely N-dealkylation sites (N-methyl/N-ethyl adjacent to an activating group) is 1. The molecule has 0 spiro atoms. The Bertz CT molecular complexity index is 1240. The van der Waals surface area contributed by atoms with Crippen LogP contribution in [0.2, 0.25) is 5.02 Å². The van der Waals surface area contributed by atoms with E-state index in [-0.39, 0.29) is 23.9 Å².